The minimum atomic E-state index is -1.27. The quantitative estimate of drug-likeness (QED) is 0.789. The van der Waals surface area contributed by atoms with Crippen molar-refractivity contribution in [2.75, 3.05) is 19.7 Å². The molecule has 0 bridgehead atoms. The Labute approximate surface area is 99.3 Å². The lowest BCUT2D eigenvalue weighted by Crippen LogP contribution is -2.26. The lowest BCUT2D eigenvalue weighted by atomic mass is 10.1. The van der Waals surface area contributed by atoms with Crippen molar-refractivity contribution in [3.05, 3.63) is 35.1 Å². The van der Waals surface area contributed by atoms with E-state index in [1.165, 1.54) is 12.1 Å². The van der Waals surface area contributed by atoms with Crippen LogP contribution in [-0.2, 0) is 6.54 Å². The van der Waals surface area contributed by atoms with Gasteiger partial charge < -0.3 is 10.2 Å². The van der Waals surface area contributed by atoms with E-state index in [-0.39, 0.29) is 12.2 Å². The number of aromatic carboxylic acids is 1. The molecule has 0 spiro atoms. The number of carbonyl (C=O) groups is 1. The summed E-state index contributed by atoms with van der Waals surface area (Å²) in [6, 6.07) is 4.08. The molecule has 0 aliphatic heterocycles. The van der Waals surface area contributed by atoms with Crippen molar-refractivity contribution in [3.8, 4) is 0 Å². The van der Waals surface area contributed by atoms with Gasteiger partial charge in [-0.1, -0.05) is 13.0 Å². The average Bonchev–Trinajstić information content (AvgIpc) is 2.28. The molecule has 0 aliphatic rings. The lowest BCUT2D eigenvalue weighted by Gasteiger charge is -2.19. The van der Waals surface area contributed by atoms with Gasteiger partial charge in [-0.25, -0.2) is 9.18 Å². The fraction of sp³-hybridized carbons (Fsp3) is 0.417. The summed E-state index contributed by atoms with van der Waals surface area (Å²) in [4.78, 5) is 12.6. The van der Waals surface area contributed by atoms with Gasteiger partial charge in [0.25, 0.3) is 0 Å². The summed E-state index contributed by atoms with van der Waals surface area (Å²) < 4.78 is 13.4. The molecule has 0 fully saturated rings. The molecule has 0 aromatic heterocycles. The van der Waals surface area contributed by atoms with E-state index in [0.717, 1.165) is 6.54 Å². The summed E-state index contributed by atoms with van der Waals surface area (Å²) >= 11 is 0. The van der Waals surface area contributed by atoms with E-state index >= 15 is 0 Å². The van der Waals surface area contributed by atoms with Crippen LogP contribution in [-0.4, -0.2) is 40.8 Å². The standard InChI is InChI=1S/C12H16FNO3/c1-2-14(5-6-15)8-9-3-4-10(12(16)17)11(13)7-9/h3-4,7,15H,2,5-6,8H2,1H3,(H,16,17). The number of carboxylic acids is 1. The van der Waals surface area contributed by atoms with Gasteiger partial charge in [-0.2, -0.15) is 0 Å². The average molecular weight is 241 g/mol. The van der Waals surface area contributed by atoms with E-state index in [4.69, 9.17) is 10.2 Å². The van der Waals surface area contributed by atoms with Gasteiger partial charge in [0.1, 0.15) is 5.82 Å². The van der Waals surface area contributed by atoms with Crippen molar-refractivity contribution in [2.24, 2.45) is 0 Å². The molecule has 0 atom stereocenters. The highest BCUT2D eigenvalue weighted by Gasteiger charge is 2.11. The van der Waals surface area contributed by atoms with Crippen LogP contribution in [0, 0.1) is 5.82 Å². The number of likely N-dealkylation sites (N-methyl/N-ethyl adjacent to an activating group) is 1. The SMILES string of the molecule is CCN(CCO)Cc1ccc(C(=O)O)c(F)c1. The van der Waals surface area contributed by atoms with E-state index in [0.29, 0.717) is 18.7 Å². The first-order valence-electron chi connectivity index (χ1n) is 5.43. The fourth-order valence-electron chi connectivity index (χ4n) is 1.58. The van der Waals surface area contributed by atoms with Gasteiger partial charge in [0, 0.05) is 13.1 Å². The molecule has 5 heteroatoms. The third-order valence-electron chi connectivity index (χ3n) is 2.53. The smallest absolute Gasteiger partial charge is 0.338 e. The van der Waals surface area contributed by atoms with Crippen LogP contribution in [0.4, 0.5) is 4.39 Å². The molecule has 0 amide bonds. The van der Waals surface area contributed by atoms with Crippen molar-refractivity contribution in [3.63, 3.8) is 0 Å². The molecule has 1 rings (SSSR count). The predicted octanol–water partition coefficient (Wildman–Crippen LogP) is 1.34. The predicted molar refractivity (Wildman–Crippen MR) is 61.4 cm³/mol. The Hall–Kier alpha value is -1.46. The molecule has 94 valence electrons. The molecule has 1 aromatic carbocycles. The summed E-state index contributed by atoms with van der Waals surface area (Å²) in [5.41, 5.74) is 0.377. The Morgan fingerprint density at radius 2 is 2.18 bits per heavy atom. The molecular weight excluding hydrogens is 225 g/mol. The number of benzene rings is 1. The molecule has 0 heterocycles. The van der Waals surface area contributed by atoms with E-state index in [2.05, 4.69) is 0 Å². The monoisotopic (exact) mass is 241 g/mol. The summed E-state index contributed by atoms with van der Waals surface area (Å²) in [6.45, 7) is 3.73. The van der Waals surface area contributed by atoms with E-state index in [1.54, 1.807) is 6.07 Å². The molecular formula is C12H16FNO3. The van der Waals surface area contributed by atoms with Gasteiger partial charge in [0.2, 0.25) is 0 Å². The number of aliphatic hydroxyl groups is 1. The van der Waals surface area contributed by atoms with Crippen molar-refractivity contribution in [1.82, 2.24) is 4.90 Å². The highest BCUT2D eigenvalue weighted by atomic mass is 19.1. The van der Waals surface area contributed by atoms with Gasteiger partial charge in [0.15, 0.2) is 0 Å². The highest BCUT2D eigenvalue weighted by molar-refractivity contribution is 5.87. The Bertz CT molecular complexity index is 395. The number of hydrogen-bond donors (Lipinski definition) is 2. The number of nitrogens with zero attached hydrogens (tertiary/aromatic N) is 1. The van der Waals surface area contributed by atoms with E-state index in [9.17, 15) is 9.18 Å². The first-order chi connectivity index (χ1) is 8.08. The molecule has 0 saturated heterocycles. The first-order valence-corrected chi connectivity index (χ1v) is 5.43. The maximum absolute atomic E-state index is 13.4. The van der Waals surface area contributed by atoms with Crippen LogP contribution in [0.2, 0.25) is 0 Å². The summed E-state index contributed by atoms with van der Waals surface area (Å²) in [7, 11) is 0. The molecule has 0 radical (unpaired) electrons. The van der Waals surface area contributed by atoms with Crippen LogP contribution in [0.15, 0.2) is 18.2 Å². The number of rotatable bonds is 6. The maximum atomic E-state index is 13.4. The van der Waals surface area contributed by atoms with E-state index in [1.807, 2.05) is 11.8 Å². The second kappa shape index (κ2) is 6.32. The van der Waals surface area contributed by atoms with Crippen LogP contribution in [0.5, 0.6) is 0 Å². The zero-order chi connectivity index (χ0) is 12.8. The number of halogens is 1. The van der Waals surface area contributed by atoms with Crippen molar-refractivity contribution in [2.45, 2.75) is 13.5 Å². The van der Waals surface area contributed by atoms with Crippen LogP contribution in [0.25, 0.3) is 0 Å². The fourth-order valence-corrected chi connectivity index (χ4v) is 1.58. The molecule has 0 aliphatic carbocycles. The van der Waals surface area contributed by atoms with Crippen molar-refractivity contribution < 1.29 is 19.4 Å². The number of aliphatic hydroxyl groups excluding tert-OH is 1. The van der Waals surface area contributed by atoms with Crippen LogP contribution in [0.1, 0.15) is 22.8 Å². The Kier molecular flexibility index (Phi) is 5.06. The van der Waals surface area contributed by atoms with Gasteiger partial charge in [0.05, 0.1) is 12.2 Å². The highest BCUT2D eigenvalue weighted by Crippen LogP contribution is 2.12. The second-order valence-corrected chi connectivity index (χ2v) is 3.71. The molecule has 4 nitrogen and oxygen atoms in total. The molecule has 1 aromatic rings. The topological polar surface area (TPSA) is 60.8 Å². The zero-order valence-corrected chi connectivity index (χ0v) is 9.69. The van der Waals surface area contributed by atoms with Gasteiger partial charge in [-0.15, -0.1) is 0 Å². The molecule has 0 unspecified atom stereocenters. The maximum Gasteiger partial charge on any atom is 0.338 e. The van der Waals surface area contributed by atoms with Crippen LogP contribution < -0.4 is 0 Å². The molecule has 2 N–H and O–H groups in total. The first kappa shape index (κ1) is 13.6. The minimum absolute atomic E-state index is 0.0452. The summed E-state index contributed by atoms with van der Waals surface area (Å²) in [5.74, 6) is -1.99. The van der Waals surface area contributed by atoms with Crippen molar-refractivity contribution in [1.29, 1.82) is 0 Å². The number of carboxylic acid groups (broad SMARTS) is 1. The van der Waals surface area contributed by atoms with Gasteiger partial charge in [-0.3, -0.25) is 4.90 Å². The third-order valence-corrected chi connectivity index (χ3v) is 2.53. The van der Waals surface area contributed by atoms with E-state index < -0.39 is 11.8 Å². The Morgan fingerprint density at radius 3 is 2.65 bits per heavy atom. The third kappa shape index (κ3) is 3.80. The second-order valence-electron chi connectivity index (χ2n) is 3.71. The summed E-state index contributed by atoms with van der Waals surface area (Å²) in [5, 5.41) is 17.5. The molecule has 17 heavy (non-hydrogen) atoms. The Balaban J connectivity index is 2.79. The normalized spacial score (nSPS) is 10.8. The van der Waals surface area contributed by atoms with Gasteiger partial charge >= 0.3 is 5.97 Å². The van der Waals surface area contributed by atoms with Crippen LogP contribution in [0.3, 0.4) is 0 Å². The Morgan fingerprint density at radius 1 is 1.47 bits per heavy atom. The lowest BCUT2D eigenvalue weighted by molar-refractivity contribution is 0.0692. The van der Waals surface area contributed by atoms with Gasteiger partial charge in [-0.05, 0) is 24.2 Å². The summed E-state index contributed by atoms with van der Waals surface area (Å²) in [6.07, 6.45) is 0. The zero-order valence-electron chi connectivity index (χ0n) is 9.69. The molecule has 0 saturated carbocycles. The largest absolute Gasteiger partial charge is 0.478 e. The van der Waals surface area contributed by atoms with Crippen LogP contribution >= 0.6 is 0 Å². The number of hydrogen-bond acceptors (Lipinski definition) is 3. The van der Waals surface area contributed by atoms with Crippen molar-refractivity contribution >= 4 is 5.97 Å². The minimum Gasteiger partial charge on any atom is -0.478 e.